The van der Waals surface area contributed by atoms with Crippen molar-refractivity contribution in [2.24, 2.45) is 4.99 Å². The van der Waals surface area contributed by atoms with Gasteiger partial charge in [0.2, 0.25) is 10.0 Å². The van der Waals surface area contributed by atoms with Crippen LogP contribution in [0.25, 0.3) is 0 Å². The van der Waals surface area contributed by atoms with Crippen LogP contribution >= 0.6 is 0 Å². The van der Waals surface area contributed by atoms with Crippen LogP contribution in [0.1, 0.15) is 40.0 Å². The minimum atomic E-state index is -3.14. The standard InChI is InChI=1S/C15H33N5O2S/c1-5-16-14(17-9-10-19-23(4,21)22)18-13-15(2,3)20-11-7-6-8-12-20/h19H,5-13H2,1-4H3,(H2,16,17,18). The largest absolute Gasteiger partial charge is 0.357 e. The fourth-order valence-electron chi connectivity index (χ4n) is 2.63. The predicted octanol–water partition coefficient (Wildman–Crippen LogP) is 0.355. The zero-order valence-corrected chi connectivity index (χ0v) is 15.8. The van der Waals surface area contributed by atoms with Crippen molar-refractivity contribution in [3.63, 3.8) is 0 Å². The van der Waals surface area contributed by atoms with Gasteiger partial charge in [0.15, 0.2) is 5.96 Å². The molecule has 136 valence electrons. The van der Waals surface area contributed by atoms with E-state index >= 15 is 0 Å². The zero-order valence-electron chi connectivity index (χ0n) is 15.0. The number of sulfonamides is 1. The van der Waals surface area contributed by atoms with Gasteiger partial charge in [-0.3, -0.25) is 9.89 Å². The molecule has 0 spiro atoms. The summed E-state index contributed by atoms with van der Waals surface area (Å²) in [4.78, 5) is 7.18. The first-order chi connectivity index (χ1) is 10.7. The highest BCUT2D eigenvalue weighted by atomic mass is 32.2. The summed E-state index contributed by atoms with van der Waals surface area (Å²) < 4.78 is 24.5. The van der Waals surface area contributed by atoms with Gasteiger partial charge in [-0.2, -0.15) is 0 Å². The third-order valence-corrected chi connectivity index (χ3v) is 4.69. The Kier molecular flexibility index (Phi) is 8.28. The lowest BCUT2D eigenvalue weighted by Gasteiger charge is -2.40. The van der Waals surface area contributed by atoms with E-state index in [0.717, 1.165) is 31.8 Å². The lowest BCUT2D eigenvalue weighted by atomic mass is 9.99. The van der Waals surface area contributed by atoms with Gasteiger partial charge >= 0.3 is 0 Å². The SMILES string of the molecule is CCNC(=NCC(C)(C)N1CCCCC1)NCCNS(C)(=O)=O. The highest BCUT2D eigenvalue weighted by molar-refractivity contribution is 7.88. The predicted molar refractivity (Wildman–Crippen MR) is 96.3 cm³/mol. The molecule has 0 atom stereocenters. The Hall–Kier alpha value is -0.860. The van der Waals surface area contributed by atoms with Crippen molar-refractivity contribution < 1.29 is 8.42 Å². The zero-order chi connectivity index (χ0) is 17.3. The molecule has 1 aliphatic rings. The maximum atomic E-state index is 11.0. The van der Waals surface area contributed by atoms with E-state index in [1.165, 1.54) is 19.3 Å². The number of nitrogens with one attached hydrogen (secondary N) is 3. The second-order valence-corrected chi connectivity index (χ2v) is 8.48. The van der Waals surface area contributed by atoms with Gasteiger partial charge in [-0.15, -0.1) is 0 Å². The van der Waals surface area contributed by atoms with Crippen LogP contribution in [0.3, 0.4) is 0 Å². The molecule has 7 nitrogen and oxygen atoms in total. The van der Waals surface area contributed by atoms with E-state index in [4.69, 9.17) is 0 Å². The fourth-order valence-corrected chi connectivity index (χ4v) is 3.10. The Morgan fingerprint density at radius 3 is 2.35 bits per heavy atom. The first-order valence-electron chi connectivity index (χ1n) is 8.46. The van der Waals surface area contributed by atoms with Gasteiger partial charge in [-0.05, 0) is 46.7 Å². The van der Waals surface area contributed by atoms with Crippen LogP contribution in [0.15, 0.2) is 4.99 Å². The molecule has 0 bridgehead atoms. The summed E-state index contributed by atoms with van der Waals surface area (Å²) in [6, 6.07) is 0. The molecule has 0 amide bonds. The molecule has 3 N–H and O–H groups in total. The monoisotopic (exact) mass is 347 g/mol. The summed E-state index contributed by atoms with van der Waals surface area (Å²) in [5, 5.41) is 6.36. The van der Waals surface area contributed by atoms with E-state index in [2.05, 4.69) is 39.1 Å². The van der Waals surface area contributed by atoms with E-state index in [1.54, 1.807) is 0 Å². The number of rotatable bonds is 8. The van der Waals surface area contributed by atoms with Crippen LogP contribution in [-0.4, -0.2) is 70.3 Å². The van der Waals surface area contributed by atoms with Crippen LogP contribution in [0.5, 0.6) is 0 Å². The molecule has 1 saturated heterocycles. The number of nitrogens with zero attached hydrogens (tertiary/aromatic N) is 2. The van der Waals surface area contributed by atoms with E-state index in [1.807, 2.05) is 6.92 Å². The van der Waals surface area contributed by atoms with Gasteiger partial charge in [-0.25, -0.2) is 13.1 Å². The smallest absolute Gasteiger partial charge is 0.208 e. The van der Waals surface area contributed by atoms with Gasteiger partial charge in [-0.1, -0.05) is 6.42 Å². The van der Waals surface area contributed by atoms with E-state index in [-0.39, 0.29) is 5.54 Å². The summed E-state index contributed by atoms with van der Waals surface area (Å²) in [6.45, 7) is 11.1. The third-order valence-electron chi connectivity index (χ3n) is 3.96. The first kappa shape index (κ1) is 20.2. The second kappa shape index (κ2) is 9.44. The summed E-state index contributed by atoms with van der Waals surface area (Å²) in [5.74, 6) is 0.730. The minimum absolute atomic E-state index is 0.0355. The lowest BCUT2D eigenvalue weighted by molar-refractivity contribution is 0.102. The summed E-state index contributed by atoms with van der Waals surface area (Å²) in [5.41, 5.74) is 0.0355. The maximum Gasteiger partial charge on any atom is 0.208 e. The average molecular weight is 348 g/mol. The van der Waals surface area contributed by atoms with Crippen molar-refractivity contribution >= 4 is 16.0 Å². The number of piperidine rings is 1. The molecule has 0 unspecified atom stereocenters. The van der Waals surface area contributed by atoms with Crippen molar-refractivity contribution in [2.75, 3.05) is 45.5 Å². The molecular formula is C15H33N5O2S. The van der Waals surface area contributed by atoms with E-state index in [0.29, 0.717) is 19.6 Å². The number of hydrogen-bond donors (Lipinski definition) is 3. The van der Waals surface area contributed by atoms with E-state index < -0.39 is 10.0 Å². The van der Waals surface area contributed by atoms with Crippen LogP contribution < -0.4 is 15.4 Å². The Balaban J connectivity index is 2.49. The van der Waals surface area contributed by atoms with Gasteiger partial charge in [0.1, 0.15) is 0 Å². The highest BCUT2D eigenvalue weighted by Crippen LogP contribution is 2.20. The molecule has 1 heterocycles. The molecule has 0 aromatic rings. The summed E-state index contributed by atoms with van der Waals surface area (Å²) in [7, 11) is -3.14. The molecule has 0 radical (unpaired) electrons. The van der Waals surface area contributed by atoms with E-state index in [9.17, 15) is 8.42 Å². The van der Waals surface area contributed by atoms with Gasteiger partial charge in [0.25, 0.3) is 0 Å². The number of aliphatic imine (C=N–C) groups is 1. The van der Waals surface area contributed by atoms with Crippen LogP contribution in [0.4, 0.5) is 0 Å². The Labute approximate surface area is 141 Å². The van der Waals surface area contributed by atoms with Gasteiger partial charge in [0, 0.05) is 25.2 Å². The minimum Gasteiger partial charge on any atom is -0.357 e. The molecular weight excluding hydrogens is 314 g/mol. The molecule has 1 aliphatic heterocycles. The number of guanidine groups is 1. The van der Waals surface area contributed by atoms with Crippen molar-refractivity contribution in [1.82, 2.24) is 20.3 Å². The molecule has 0 aromatic carbocycles. The number of likely N-dealkylation sites (tertiary alicyclic amines) is 1. The van der Waals surface area contributed by atoms with Crippen LogP contribution in [-0.2, 0) is 10.0 Å². The molecule has 0 saturated carbocycles. The van der Waals surface area contributed by atoms with Crippen molar-refractivity contribution in [3.8, 4) is 0 Å². The Morgan fingerprint density at radius 1 is 1.13 bits per heavy atom. The van der Waals surface area contributed by atoms with Crippen LogP contribution in [0.2, 0.25) is 0 Å². The molecule has 8 heteroatoms. The summed E-state index contributed by atoms with van der Waals surface area (Å²) >= 11 is 0. The Morgan fingerprint density at radius 2 is 1.78 bits per heavy atom. The summed E-state index contributed by atoms with van der Waals surface area (Å²) in [6.07, 6.45) is 5.02. The van der Waals surface area contributed by atoms with Gasteiger partial charge in [0.05, 0.1) is 12.8 Å². The molecule has 23 heavy (non-hydrogen) atoms. The second-order valence-electron chi connectivity index (χ2n) is 6.65. The lowest BCUT2D eigenvalue weighted by Crippen LogP contribution is -2.50. The molecule has 0 aliphatic carbocycles. The van der Waals surface area contributed by atoms with Crippen molar-refractivity contribution in [2.45, 2.75) is 45.6 Å². The van der Waals surface area contributed by atoms with Crippen molar-refractivity contribution in [1.29, 1.82) is 0 Å². The topological polar surface area (TPSA) is 85.8 Å². The van der Waals surface area contributed by atoms with Crippen molar-refractivity contribution in [3.05, 3.63) is 0 Å². The molecule has 1 fully saturated rings. The molecule has 1 rings (SSSR count). The third kappa shape index (κ3) is 8.53. The molecule has 0 aromatic heterocycles. The van der Waals surface area contributed by atoms with Gasteiger partial charge < -0.3 is 10.6 Å². The highest BCUT2D eigenvalue weighted by Gasteiger charge is 2.27. The maximum absolute atomic E-state index is 11.0. The van der Waals surface area contributed by atoms with Crippen LogP contribution in [0, 0.1) is 0 Å². The Bertz CT molecular complexity index is 470. The first-order valence-corrected chi connectivity index (χ1v) is 10.4. The normalized spacial score (nSPS) is 18.0. The quantitative estimate of drug-likeness (QED) is 0.335. The number of hydrogen-bond acceptors (Lipinski definition) is 4. The average Bonchev–Trinajstić information content (AvgIpc) is 2.49. The fraction of sp³-hybridized carbons (Fsp3) is 0.933.